The summed E-state index contributed by atoms with van der Waals surface area (Å²) in [7, 11) is -3.63. The lowest BCUT2D eigenvalue weighted by molar-refractivity contribution is 0.578. The van der Waals surface area contributed by atoms with Crippen molar-refractivity contribution in [3.05, 3.63) is 40.4 Å². The molecule has 114 valence electrons. The second-order valence-corrected chi connectivity index (χ2v) is 6.89. The number of nitrogens with one attached hydrogen (secondary N) is 3. The number of sulfonamides is 1. The van der Waals surface area contributed by atoms with Gasteiger partial charge in [0.1, 0.15) is 12.2 Å². The largest absolute Gasteiger partial charge is 0.313 e. The normalized spacial score (nSPS) is 11.7. The van der Waals surface area contributed by atoms with E-state index in [9.17, 15) is 8.42 Å². The molecule has 0 spiro atoms. The van der Waals surface area contributed by atoms with Crippen LogP contribution in [0.4, 0.5) is 0 Å². The number of rotatable bonds is 7. The third-order valence-corrected chi connectivity index (χ3v) is 5.15. The van der Waals surface area contributed by atoms with Gasteiger partial charge in [-0.05, 0) is 40.2 Å². The Morgan fingerprint density at radius 2 is 2.14 bits per heavy atom. The summed E-state index contributed by atoms with van der Waals surface area (Å²) in [6, 6.07) is 5.26. The number of aromatic amines is 1. The summed E-state index contributed by atoms with van der Waals surface area (Å²) in [6.07, 6.45) is 1.33. The smallest absolute Gasteiger partial charge is 0.242 e. The fraction of sp³-hybridized carbons (Fsp3) is 0.333. The first-order chi connectivity index (χ1) is 10.0. The van der Waals surface area contributed by atoms with Crippen molar-refractivity contribution >= 4 is 26.0 Å². The van der Waals surface area contributed by atoms with Crippen LogP contribution in [0.2, 0.25) is 0 Å². The predicted octanol–water partition coefficient (Wildman–Crippen LogP) is 1.16. The molecule has 2 rings (SSSR count). The Kier molecular flexibility index (Phi) is 5.45. The molecular weight excluding hydrogens is 358 g/mol. The number of hydrogen-bond donors (Lipinski definition) is 3. The Bertz CT molecular complexity index is 688. The summed E-state index contributed by atoms with van der Waals surface area (Å²) in [4.78, 5) is 4.08. The van der Waals surface area contributed by atoms with Crippen LogP contribution < -0.4 is 10.0 Å². The Morgan fingerprint density at radius 3 is 2.81 bits per heavy atom. The van der Waals surface area contributed by atoms with Gasteiger partial charge in [-0.3, -0.25) is 5.10 Å². The molecule has 21 heavy (non-hydrogen) atoms. The van der Waals surface area contributed by atoms with E-state index in [1.807, 2.05) is 13.0 Å². The Morgan fingerprint density at radius 1 is 1.33 bits per heavy atom. The molecule has 0 aliphatic carbocycles. The molecule has 0 radical (unpaired) electrons. The molecule has 0 bridgehead atoms. The van der Waals surface area contributed by atoms with E-state index in [1.165, 1.54) is 6.33 Å². The Hall–Kier alpha value is -1.29. The molecule has 0 aliphatic heterocycles. The Balaban J connectivity index is 2.17. The van der Waals surface area contributed by atoms with Crippen molar-refractivity contribution < 1.29 is 8.42 Å². The molecule has 9 heteroatoms. The summed E-state index contributed by atoms with van der Waals surface area (Å²) in [5, 5.41) is 9.44. The molecule has 0 aliphatic rings. The van der Waals surface area contributed by atoms with Crippen molar-refractivity contribution in [3.8, 4) is 0 Å². The summed E-state index contributed by atoms with van der Waals surface area (Å²) < 4.78 is 27.7. The van der Waals surface area contributed by atoms with E-state index in [2.05, 4.69) is 41.2 Å². The number of hydrogen-bond acceptors (Lipinski definition) is 5. The average molecular weight is 374 g/mol. The molecule has 1 aromatic heterocycles. The molecule has 7 nitrogen and oxygen atoms in total. The Labute approximate surface area is 131 Å². The van der Waals surface area contributed by atoms with Crippen LogP contribution in [-0.4, -0.2) is 30.1 Å². The highest BCUT2D eigenvalue weighted by molar-refractivity contribution is 9.10. The third kappa shape index (κ3) is 4.34. The molecule has 0 fully saturated rings. The third-order valence-electron chi connectivity index (χ3n) is 2.76. The van der Waals surface area contributed by atoms with E-state index in [-0.39, 0.29) is 11.4 Å². The van der Waals surface area contributed by atoms with Crippen molar-refractivity contribution in [1.29, 1.82) is 0 Å². The van der Waals surface area contributed by atoms with Crippen molar-refractivity contribution in [2.24, 2.45) is 0 Å². The van der Waals surface area contributed by atoms with Gasteiger partial charge in [-0.1, -0.05) is 13.0 Å². The van der Waals surface area contributed by atoms with Crippen LogP contribution in [0, 0.1) is 0 Å². The van der Waals surface area contributed by atoms with Gasteiger partial charge in [-0.15, -0.1) is 0 Å². The number of benzene rings is 1. The second-order valence-electron chi connectivity index (χ2n) is 4.30. The van der Waals surface area contributed by atoms with Crippen LogP contribution in [-0.2, 0) is 23.1 Å². The molecule has 0 atom stereocenters. The molecule has 0 amide bonds. The maximum Gasteiger partial charge on any atom is 0.242 e. The second kappa shape index (κ2) is 7.12. The minimum Gasteiger partial charge on any atom is -0.313 e. The number of H-pyrrole nitrogens is 1. The minimum absolute atomic E-state index is 0.0617. The molecule has 0 saturated carbocycles. The van der Waals surface area contributed by atoms with Gasteiger partial charge in [0, 0.05) is 11.0 Å². The van der Waals surface area contributed by atoms with Gasteiger partial charge < -0.3 is 5.32 Å². The topological polar surface area (TPSA) is 99.8 Å². The standard InChI is InChI=1S/C12H16BrN5O2S/c1-2-14-6-9-3-4-10(13)11(5-9)21(19,20)17-7-12-15-8-16-18-12/h3-5,8,14,17H,2,6-7H2,1H3,(H,15,16,18). The van der Waals surface area contributed by atoms with E-state index in [1.54, 1.807) is 12.1 Å². The van der Waals surface area contributed by atoms with Crippen LogP contribution in [0.1, 0.15) is 18.3 Å². The lowest BCUT2D eigenvalue weighted by atomic mass is 10.2. The number of nitrogens with zero attached hydrogens (tertiary/aromatic N) is 2. The van der Waals surface area contributed by atoms with Crippen molar-refractivity contribution in [3.63, 3.8) is 0 Å². The minimum atomic E-state index is -3.63. The summed E-state index contributed by atoms with van der Waals surface area (Å²) >= 11 is 3.28. The van der Waals surface area contributed by atoms with Crippen molar-refractivity contribution in [2.75, 3.05) is 6.54 Å². The lowest BCUT2D eigenvalue weighted by Crippen LogP contribution is -2.24. The predicted molar refractivity (Wildman–Crippen MR) is 81.9 cm³/mol. The zero-order chi connectivity index (χ0) is 15.3. The molecule has 1 aromatic carbocycles. The van der Waals surface area contributed by atoms with Crippen LogP contribution in [0.25, 0.3) is 0 Å². The van der Waals surface area contributed by atoms with Gasteiger partial charge in [-0.25, -0.2) is 18.1 Å². The fourth-order valence-electron chi connectivity index (χ4n) is 1.69. The van der Waals surface area contributed by atoms with E-state index >= 15 is 0 Å². The van der Waals surface area contributed by atoms with Crippen LogP contribution in [0.15, 0.2) is 33.9 Å². The molecule has 0 unspecified atom stereocenters. The van der Waals surface area contributed by atoms with E-state index < -0.39 is 10.0 Å². The van der Waals surface area contributed by atoms with Crippen molar-refractivity contribution in [1.82, 2.24) is 25.2 Å². The zero-order valence-corrected chi connectivity index (χ0v) is 13.8. The monoisotopic (exact) mass is 373 g/mol. The summed E-state index contributed by atoms with van der Waals surface area (Å²) in [5.74, 6) is 0.457. The quantitative estimate of drug-likeness (QED) is 0.675. The first kappa shape index (κ1) is 16.1. The number of halogens is 1. The first-order valence-electron chi connectivity index (χ1n) is 6.36. The van der Waals surface area contributed by atoms with E-state index in [0.717, 1.165) is 12.1 Å². The molecule has 2 aromatic rings. The summed E-state index contributed by atoms with van der Waals surface area (Å²) in [5.41, 5.74) is 0.903. The van der Waals surface area contributed by atoms with E-state index in [0.29, 0.717) is 16.8 Å². The molecule has 1 heterocycles. The SMILES string of the molecule is CCNCc1ccc(Br)c(S(=O)(=O)NCc2ncn[nH]2)c1. The van der Waals surface area contributed by atoms with Gasteiger partial charge in [0.2, 0.25) is 10.0 Å². The number of aromatic nitrogens is 3. The van der Waals surface area contributed by atoms with Gasteiger partial charge in [0.15, 0.2) is 0 Å². The van der Waals surface area contributed by atoms with Gasteiger partial charge in [0.05, 0.1) is 11.4 Å². The lowest BCUT2D eigenvalue weighted by Gasteiger charge is -2.10. The van der Waals surface area contributed by atoms with Crippen LogP contribution in [0.3, 0.4) is 0 Å². The van der Waals surface area contributed by atoms with Gasteiger partial charge in [0.25, 0.3) is 0 Å². The molecular formula is C12H16BrN5O2S. The highest BCUT2D eigenvalue weighted by Gasteiger charge is 2.18. The maximum absolute atomic E-state index is 12.4. The first-order valence-corrected chi connectivity index (χ1v) is 8.63. The average Bonchev–Trinajstić information content (AvgIpc) is 2.97. The molecule has 3 N–H and O–H groups in total. The van der Waals surface area contributed by atoms with Gasteiger partial charge in [-0.2, -0.15) is 5.10 Å². The zero-order valence-electron chi connectivity index (χ0n) is 11.4. The van der Waals surface area contributed by atoms with Crippen LogP contribution in [0.5, 0.6) is 0 Å². The van der Waals surface area contributed by atoms with Crippen molar-refractivity contribution in [2.45, 2.75) is 24.9 Å². The highest BCUT2D eigenvalue weighted by atomic mass is 79.9. The highest BCUT2D eigenvalue weighted by Crippen LogP contribution is 2.23. The van der Waals surface area contributed by atoms with Crippen LogP contribution >= 0.6 is 15.9 Å². The molecule has 0 saturated heterocycles. The summed E-state index contributed by atoms with van der Waals surface area (Å²) in [6.45, 7) is 3.50. The fourth-order valence-corrected chi connectivity index (χ4v) is 3.69. The van der Waals surface area contributed by atoms with Gasteiger partial charge >= 0.3 is 0 Å². The van der Waals surface area contributed by atoms with E-state index in [4.69, 9.17) is 0 Å². The maximum atomic E-state index is 12.4.